The van der Waals surface area contributed by atoms with Gasteiger partial charge in [0.15, 0.2) is 6.10 Å². The summed E-state index contributed by atoms with van der Waals surface area (Å²) >= 11 is 5.91. The van der Waals surface area contributed by atoms with Gasteiger partial charge in [-0.25, -0.2) is 0 Å². The lowest BCUT2D eigenvalue weighted by Crippen LogP contribution is -2.30. The number of halogens is 1. The number of anilines is 1. The molecule has 1 amide bonds. The summed E-state index contributed by atoms with van der Waals surface area (Å²) in [5, 5.41) is 3.43. The summed E-state index contributed by atoms with van der Waals surface area (Å²) in [6.45, 7) is 3.58. The van der Waals surface area contributed by atoms with Crippen molar-refractivity contribution in [2.45, 2.75) is 20.0 Å². The molecule has 4 nitrogen and oxygen atoms in total. The third-order valence-electron chi connectivity index (χ3n) is 3.15. The van der Waals surface area contributed by atoms with Crippen LogP contribution in [0.1, 0.15) is 12.5 Å². The zero-order valence-corrected chi connectivity index (χ0v) is 13.5. The van der Waals surface area contributed by atoms with Crippen LogP contribution < -0.4 is 14.8 Å². The Balaban J connectivity index is 2.02. The Morgan fingerprint density at radius 3 is 2.68 bits per heavy atom. The van der Waals surface area contributed by atoms with E-state index in [1.807, 2.05) is 19.1 Å². The van der Waals surface area contributed by atoms with Crippen molar-refractivity contribution >= 4 is 23.2 Å². The summed E-state index contributed by atoms with van der Waals surface area (Å²) in [6.07, 6.45) is -0.633. The van der Waals surface area contributed by atoms with Gasteiger partial charge in [0.1, 0.15) is 11.5 Å². The van der Waals surface area contributed by atoms with Crippen molar-refractivity contribution in [2.24, 2.45) is 0 Å². The Hall–Kier alpha value is -2.20. The van der Waals surface area contributed by atoms with Gasteiger partial charge in [-0.3, -0.25) is 4.79 Å². The predicted molar refractivity (Wildman–Crippen MR) is 87.9 cm³/mol. The molecule has 0 aliphatic rings. The second-order valence-electron chi connectivity index (χ2n) is 4.89. The SMILES string of the molecule is COc1cccc(NC(=O)[C@H](C)Oc2ccc(Cl)cc2C)c1. The van der Waals surface area contributed by atoms with E-state index in [4.69, 9.17) is 21.1 Å². The second-order valence-corrected chi connectivity index (χ2v) is 5.33. The smallest absolute Gasteiger partial charge is 0.265 e. The largest absolute Gasteiger partial charge is 0.497 e. The van der Waals surface area contributed by atoms with Gasteiger partial charge in [0.05, 0.1) is 7.11 Å². The maximum absolute atomic E-state index is 12.2. The van der Waals surface area contributed by atoms with Crippen LogP contribution in [-0.2, 0) is 4.79 Å². The Labute approximate surface area is 135 Å². The molecule has 0 aliphatic heterocycles. The van der Waals surface area contributed by atoms with Gasteiger partial charge in [-0.1, -0.05) is 17.7 Å². The molecule has 2 aromatic carbocycles. The van der Waals surface area contributed by atoms with Gasteiger partial charge in [-0.15, -0.1) is 0 Å². The number of methoxy groups -OCH3 is 1. The molecule has 0 unspecified atom stereocenters. The topological polar surface area (TPSA) is 47.6 Å². The van der Waals surface area contributed by atoms with E-state index in [-0.39, 0.29) is 5.91 Å². The lowest BCUT2D eigenvalue weighted by atomic mass is 10.2. The highest BCUT2D eigenvalue weighted by Crippen LogP contribution is 2.23. The Kier molecular flexibility index (Phi) is 5.28. The first-order chi connectivity index (χ1) is 10.5. The fourth-order valence-electron chi connectivity index (χ4n) is 1.93. The number of amides is 1. The highest BCUT2D eigenvalue weighted by Gasteiger charge is 2.16. The average molecular weight is 320 g/mol. The van der Waals surface area contributed by atoms with Crippen molar-refractivity contribution in [3.63, 3.8) is 0 Å². The van der Waals surface area contributed by atoms with E-state index in [1.165, 1.54) is 0 Å². The summed E-state index contributed by atoms with van der Waals surface area (Å²) in [4.78, 5) is 12.2. The quantitative estimate of drug-likeness (QED) is 0.904. The van der Waals surface area contributed by atoms with Crippen LogP contribution in [0, 0.1) is 6.92 Å². The molecule has 5 heteroatoms. The highest BCUT2D eigenvalue weighted by atomic mass is 35.5. The number of hydrogen-bond donors (Lipinski definition) is 1. The molecule has 0 fully saturated rings. The normalized spacial score (nSPS) is 11.6. The molecule has 116 valence electrons. The van der Waals surface area contributed by atoms with Crippen molar-refractivity contribution in [1.82, 2.24) is 0 Å². The average Bonchev–Trinajstić information content (AvgIpc) is 2.50. The van der Waals surface area contributed by atoms with Crippen LogP contribution in [0.15, 0.2) is 42.5 Å². The van der Waals surface area contributed by atoms with E-state index in [1.54, 1.807) is 44.4 Å². The van der Waals surface area contributed by atoms with Crippen LogP contribution in [0.25, 0.3) is 0 Å². The number of hydrogen-bond acceptors (Lipinski definition) is 3. The molecule has 0 aromatic heterocycles. The molecule has 1 N–H and O–H groups in total. The maximum atomic E-state index is 12.2. The van der Waals surface area contributed by atoms with E-state index >= 15 is 0 Å². The lowest BCUT2D eigenvalue weighted by molar-refractivity contribution is -0.122. The highest BCUT2D eigenvalue weighted by molar-refractivity contribution is 6.30. The summed E-state index contributed by atoms with van der Waals surface area (Å²) in [7, 11) is 1.58. The molecule has 2 aromatic rings. The van der Waals surface area contributed by atoms with Crippen molar-refractivity contribution < 1.29 is 14.3 Å². The Bertz CT molecular complexity index is 673. The first kappa shape index (κ1) is 16.2. The number of benzene rings is 2. The maximum Gasteiger partial charge on any atom is 0.265 e. The number of aryl methyl sites for hydroxylation is 1. The van der Waals surface area contributed by atoms with Crippen molar-refractivity contribution in [3.8, 4) is 11.5 Å². The van der Waals surface area contributed by atoms with Gasteiger partial charge in [-0.2, -0.15) is 0 Å². The molecule has 1 atom stereocenters. The molecule has 0 saturated carbocycles. The van der Waals surface area contributed by atoms with Crippen molar-refractivity contribution in [2.75, 3.05) is 12.4 Å². The number of carbonyl (C=O) groups excluding carboxylic acids is 1. The summed E-state index contributed by atoms with van der Waals surface area (Å²) in [5.74, 6) is 1.08. The van der Waals surface area contributed by atoms with Crippen LogP contribution in [0.4, 0.5) is 5.69 Å². The molecule has 0 spiro atoms. The minimum absolute atomic E-state index is 0.234. The fraction of sp³-hybridized carbons (Fsp3) is 0.235. The van der Waals surface area contributed by atoms with Gasteiger partial charge in [0.2, 0.25) is 0 Å². The molecule has 2 rings (SSSR count). The lowest BCUT2D eigenvalue weighted by Gasteiger charge is -2.16. The first-order valence-corrected chi connectivity index (χ1v) is 7.25. The van der Waals surface area contributed by atoms with E-state index in [9.17, 15) is 4.79 Å². The van der Waals surface area contributed by atoms with Gasteiger partial charge < -0.3 is 14.8 Å². The van der Waals surface area contributed by atoms with E-state index in [0.29, 0.717) is 22.2 Å². The predicted octanol–water partition coefficient (Wildman–Crippen LogP) is 4.06. The van der Waals surface area contributed by atoms with Crippen LogP contribution in [0.5, 0.6) is 11.5 Å². The molecular weight excluding hydrogens is 302 g/mol. The second kappa shape index (κ2) is 7.18. The first-order valence-electron chi connectivity index (χ1n) is 6.87. The number of rotatable bonds is 5. The minimum atomic E-state index is -0.633. The van der Waals surface area contributed by atoms with Crippen molar-refractivity contribution in [1.29, 1.82) is 0 Å². The van der Waals surface area contributed by atoms with Gasteiger partial charge in [-0.05, 0) is 49.7 Å². The monoisotopic (exact) mass is 319 g/mol. The fourth-order valence-corrected chi connectivity index (χ4v) is 2.16. The summed E-state index contributed by atoms with van der Waals surface area (Å²) in [6, 6.07) is 12.4. The molecule has 0 heterocycles. The van der Waals surface area contributed by atoms with E-state index in [2.05, 4.69) is 5.32 Å². The summed E-state index contributed by atoms with van der Waals surface area (Å²) in [5.41, 5.74) is 1.54. The van der Waals surface area contributed by atoms with Gasteiger partial charge in [0.25, 0.3) is 5.91 Å². The zero-order chi connectivity index (χ0) is 16.1. The van der Waals surface area contributed by atoms with Crippen LogP contribution >= 0.6 is 11.6 Å². The van der Waals surface area contributed by atoms with Gasteiger partial charge >= 0.3 is 0 Å². The summed E-state index contributed by atoms with van der Waals surface area (Å²) < 4.78 is 10.8. The molecular formula is C17H18ClNO3. The zero-order valence-electron chi connectivity index (χ0n) is 12.7. The molecule has 0 aliphatic carbocycles. The Morgan fingerprint density at radius 1 is 1.23 bits per heavy atom. The standard InChI is InChI=1S/C17H18ClNO3/c1-11-9-13(18)7-8-16(11)22-12(2)17(20)19-14-5-4-6-15(10-14)21-3/h4-10,12H,1-3H3,(H,19,20)/t12-/m0/s1. The van der Waals surface area contributed by atoms with Gasteiger partial charge in [0, 0.05) is 16.8 Å². The number of nitrogens with one attached hydrogen (secondary N) is 1. The minimum Gasteiger partial charge on any atom is -0.497 e. The van der Waals surface area contributed by atoms with E-state index in [0.717, 1.165) is 5.56 Å². The van der Waals surface area contributed by atoms with E-state index < -0.39 is 6.10 Å². The van der Waals surface area contributed by atoms with Crippen molar-refractivity contribution in [3.05, 3.63) is 53.1 Å². The van der Waals surface area contributed by atoms with Crippen LogP contribution in [0.2, 0.25) is 5.02 Å². The van der Waals surface area contributed by atoms with Crippen LogP contribution in [0.3, 0.4) is 0 Å². The molecule has 0 saturated heterocycles. The Morgan fingerprint density at radius 2 is 2.00 bits per heavy atom. The molecule has 22 heavy (non-hydrogen) atoms. The third-order valence-corrected chi connectivity index (χ3v) is 3.38. The van der Waals surface area contributed by atoms with Crippen LogP contribution in [-0.4, -0.2) is 19.1 Å². The third kappa shape index (κ3) is 4.15. The number of carbonyl (C=O) groups is 1. The molecule has 0 radical (unpaired) electrons. The number of ether oxygens (including phenoxy) is 2. The molecule has 0 bridgehead atoms.